The topological polar surface area (TPSA) is 37.8 Å². The number of aromatic amines is 1. The number of hydrogen-bond acceptors (Lipinski definition) is 1. The second kappa shape index (κ2) is 4.36. The van der Waals surface area contributed by atoms with E-state index >= 15 is 0 Å². The standard InChI is InChI=1S/C12H11F3N2O/c1-2-9-7-11(18)16-17(9)10-5-3-4-8(6-10)12(13,14)15/h3-7H,2H2,1H3,(H,16,18). The van der Waals surface area contributed by atoms with Crippen LogP contribution in [0.1, 0.15) is 18.2 Å². The van der Waals surface area contributed by atoms with E-state index in [1.165, 1.54) is 22.9 Å². The van der Waals surface area contributed by atoms with Gasteiger partial charge in [0, 0.05) is 11.8 Å². The molecule has 0 bridgehead atoms. The number of alkyl halides is 3. The Morgan fingerprint density at radius 2 is 2.00 bits per heavy atom. The van der Waals surface area contributed by atoms with Gasteiger partial charge in [0.2, 0.25) is 0 Å². The molecule has 0 radical (unpaired) electrons. The molecule has 1 aromatic carbocycles. The van der Waals surface area contributed by atoms with Crippen LogP contribution >= 0.6 is 0 Å². The summed E-state index contributed by atoms with van der Waals surface area (Å²) in [6.45, 7) is 1.83. The maximum absolute atomic E-state index is 12.6. The number of H-pyrrole nitrogens is 1. The lowest BCUT2D eigenvalue weighted by molar-refractivity contribution is -0.137. The zero-order chi connectivity index (χ0) is 13.3. The summed E-state index contributed by atoms with van der Waals surface area (Å²) in [6, 6.07) is 6.21. The van der Waals surface area contributed by atoms with Crippen molar-refractivity contribution in [3.63, 3.8) is 0 Å². The molecule has 0 amide bonds. The molecule has 18 heavy (non-hydrogen) atoms. The van der Waals surface area contributed by atoms with Crippen molar-refractivity contribution >= 4 is 0 Å². The number of nitrogens with zero attached hydrogens (tertiary/aromatic N) is 1. The number of benzene rings is 1. The molecular formula is C12H11F3N2O. The van der Waals surface area contributed by atoms with Crippen LogP contribution in [0.25, 0.3) is 5.69 Å². The zero-order valence-electron chi connectivity index (χ0n) is 9.58. The van der Waals surface area contributed by atoms with Crippen molar-refractivity contribution in [3.8, 4) is 5.69 Å². The number of aromatic nitrogens is 2. The minimum atomic E-state index is -4.39. The molecule has 0 atom stereocenters. The normalized spacial score (nSPS) is 11.8. The number of nitrogens with one attached hydrogen (secondary N) is 1. The molecule has 96 valence electrons. The molecule has 0 aliphatic carbocycles. The van der Waals surface area contributed by atoms with Crippen molar-refractivity contribution < 1.29 is 13.2 Å². The molecule has 0 aliphatic rings. The Balaban J connectivity index is 2.54. The monoisotopic (exact) mass is 256 g/mol. The Morgan fingerprint density at radius 1 is 1.28 bits per heavy atom. The third kappa shape index (κ3) is 2.32. The molecule has 0 fully saturated rings. The minimum absolute atomic E-state index is 0.295. The van der Waals surface area contributed by atoms with Gasteiger partial charge in [0.15, 0.2) is 0 Å². The Labute approximate surface area is 101 Å². The highest BCUT2D eigenvalue weighted by Crippen LogP contribution is 2.30. The van der Waals surface area contributed by atoms with E-state index in [2.05, 4.69) is 5.10 Å². The van der Waals surface area contributed by atoms with E-state index < -0.39 is 11.7 Å². The highest BCUT2D eigenvalue weighted by atomic mass is 19.4. The number of halogens is 3. The number of hydrogen-bond donors (Lipinski definition) is 1. The summed E-state index contributed by atoms with van der Waals surface area (Å²) in [5.74, 6) is 0. The van der Waals surface area contributed by atoms with Gasteiger partial charge in [-0.3, -0.25) is 14.6 Å². The molecule has 3 nitrogen and oxygen atoms in total. The maximum atomic E-state index is 12.6. The Hall–Kier alpha value is -1.98. The van der Waals surface area contributed by atoms with Crippen molar-refractivity contribution in [1.82, 2.24) is 9.78 Å². The third-order valence-electron chi connectivity index (χ3n) is 2.60. The molecule has 0 saturated heterocycles. The van der Waals surface area contributed by atoms with Gasteiger partial charge in [-0.1, -0.05) is 13.0 Å². The second-order valence-electron chi connectivity index (χ2n) is 3.85. The Bertz CT molecular complexity index is 610. The van der Waals surface area contributed by atoms with Crippen molar-refractivity contribution in [2.24, 2.45) is 0 Å². The largest absolute Gasteiger partial charge is 0.416 e. The van der Waals surface area contributed by atoms with Gasteiger partial charge in [-0.15, -0.1) is 0 Å². The fourth-order valence-corrected chi connectivity index (χ4v) is 1.74. The quantitative estimate of drug-likeness (QED) is 0.881. The van der Waals surface area contributed by atoms with Crippen molar-refractivity contribution in [2.45, 2.75) is 19.5 Å². The van der Waals surface area contributed by atoms with Crippen LogP contribution in [0.2, 0.25) is 0 Å². The first-order valence-corrected chi connectivity index (χ1v) is 5.40. The van der Waals surface area contributed by atoms with E-state index in [-0.39, 0.29) is 5.56 Å². The highest BCUT2D eigenvalue weighted by Gasteiger charge is 2.30. The van der Waals surface area contributed by atoms with Gasteiger partial charge in [0.1, 0.15) is 0 Å². The van der Waals surface area contributed by atoms with Crippen LogP contribution in [0.4, 0.5) is 13.2 Å². The molecule has 1 aromatic heterocycles. The van der Waals surface area contributed by atoms with Gasteiger partial charge in [-0.05, 0) is 24.6 Å². The van der Waals surface area contributed by atoms with Gasteiger partial charge < -0.3 is 0 Å². The van der Waals surface area contributed by atoms with Crippen LogP contribution < -0.4 is 5.56 Å². The lowest BCUT2D eigenvalue weighted by Crippen LogP contribution is -2.09. The van der Waals surface area contributed by atoms with Crippen LogP contribution in [0, 0.1) is 0 Å². The lowest BCUT2D eigenvalue weighted by Gasteiger charge is -2.11. The third-order valence-corrected chi connectivity index (χ3v) is 2.60. The van der Waals surface area contributed by atoms with Gasteiger partial charge >= 0.3 is 6.18 Å². The van der Waals surface area contributed by atoms with Gasteiger partial charge in [-0.25, -0.2) is 0 Å². The van der Waals surface area contributed by atoms with Crippen LogP contribution in [-0.4, -0.2) is 9.78 Å². The second-order valence-corrected chi connectivity index (χ2v) is 3.85. The molecule has 1 N–H and O–H groups in total. The van der Waals surface area contributed by atoms with E-state index in [1.54, 1.807) is 0 Å². The van der Waals surface area contributed by atoms with E-state index in [0.29, 0.717) is 17.8 Å². The molecule has 1 heterocycles. The first kappa shape index (κ1) is 12.5. The summed E-state index contributed by atoms with van der Waals surface area (Å²) in [4.78, 5) is 11.2. The molecule has 2 aromatic rings. The van der Waals surface area contributed by atoms with E-state index in [0.717, 1.165) is 12.1 Å². The van der Waals surface area contributed by atoms with Crippen LogP contribution in [-0.2, 0) is 12.6 Å². The first-order valence-electron chi connectivity index (χ1n) is 5.40. The van der Waals surface area contributed by atoms with Gasteiger partial charge in [-0.2, -0.15) is 13.2 Å². The molecule has 0 spiro atoms. The fourth-order valence-electron chi connectivity index (χ4n) is 1.74. The average Bonchev–Trinajstić information content (AvgIpc) is 2.69. The molecule has 0 unspecified atom stereocenters. The summed E-state index contributed by atoms with van der Waals surface area (Å²) in [5.41, 5.74) is -0.135. The smallest absolute Gasteiger partial charge is 0.268 e. The summed E-state index contributed by atoms with van der Waals surface area (Å²) in [6.07, 6.45) is -3.84. The van der Waals surface area contributed by atoms with Gasteiger partial charge in [0.05, 0.1) is 11.3 Å². The van der Waals surface area contributed by atoms with E-state index in [4.69, 9.17) is 0 Å². The number of aryl methyl sites for hydroxylation is 1. The minimum Gasteiger partial charge on any atom is -0.268 e. The highest BCUT2D eigenvalue weighted by molar-refractivity contribution is 5.37. The SMILES string of the molecule is CCc1cc(=O)[nH]n1-c1cccc(C(F)(F)F)c1. The van der Waals surface area contributed by atoms with Crippen molar-refractivity contribution in [2.75, 3.05) is 0 Å². The van der Waals surface area contributed by atoms with Crippen molar-refractivity contribution in [3.05, 3.63) is 51.9 Å². The molecule has 0 saturated carbocycles. The lowest BCUT2D eigenvalue weighted by atomic mass is 10.2. The molecular weight excluding hydrogens is 245 g/mol. The molecule has 0 aliphatic heterocycles. The van der Waals surface area contributed by atoms with Crippen molar-refractivity contribution in [1.29, 1.82) is 0 Å². The van der Waals surface area contributed by atoms with Crippen LogP contribution in [0.3, 0.4) is 0 Å². The average molecular weight is 256 g/mol. The van der Waals surface area contributed by atoms with Gasteiger partial charge in [0.25, 0.3) is 5.56 Å². The Morgan fingerprint density at radius 3 is 2.61 bits per heavy atom. The zero-order valence-corrected chi connectivity index (χ0v) is 9.58. The van der Waals surface area contributed by atoms with Crippen LogP contribution in [0.5, 0.6) is 0 Å². The predicted molar refractivity (Wildman–Crippen MR) is 60.8 cm³/mol. The summed E-state index contributed by atoms with van der Waals surface area (Å²) in [7, 11) is 0. The summed E-state index contributed by atoms with van der Waals surface area (Å²) in [5, 5.41) is 2.48. The Kier molecular flexibility index (Phi) is 3.02. The first-order chi connectivity index (χ1) is 8.41. The molecule has 2 rings (SSSR count). The summed E-state index contributed by atoms with van der Waals surface area (Å²) < 4.78 is 39.1. The van der Waals surface area contributed by atoms with Crippen LogP contribution in [0.15, 0.2) is 35.1 Å². The summed E-state index contributed by atoms with van der Waals surface area (Å²) >= 11 is 0. The molecule has 6 heteroatoms. The predicted octanol–water partition coefficient (Wildman–Crippen LogP) is 2.75. The number of rotatable bonds is 2. The maximum Gasteiger partial charge on any atom is 0.416 e. The van der Waals surface area contributed by atoms with E-state index in [1.807, 2.05) is 6.92 Å². The van der Waals surface area contributed by atoms with E-state index in [9.17, 15) is 18.0 Å². The fraction of sp³-hybridized carbons (Fsp3) is 0.250.